The number of anilines is 3. The molecule has 0 atom stereocenters. The summed E-state index contributed by atoms with van der Waals surface area (Å²) in [5.41, 5.74) is 2.46. The van der Waals surface area contributed by atoms with Gasteiger partial charge in [-0.1, -0.05) is 11.6 Å². The molecule has 0 aliphatic rings. The van der Waals surface area contributed by atoms with Crippen molar-refractivity contribution in [3.8, 4) is 11.5 Å². The third kappa shape index (κ3) is 4.50. The Morgan fingerprint density at radius 1 is 1.04 bits per heavy atom. The van der Waals surface area contributed by atoms with Gasteiger partial charge in [0.2, 0.25) is 5.95 Å². The Kier molecular flexibility index (Phi) is 5.96. The molecule has 2 aromatic carbocycles. The molecular formula is C20H19ClN4O3. The highest BCUT2D eigenvalue weighted by Crippen LogP contribution is 2.30. The molecule has 3 aromatic rings. The molecule has 2 N–H and O–H groups in total. The fourth-order valence-electron chi connectivity index (χ4n) is 2.54. The maximum atomic E-state index is 12.5. The van der Waals surface area contributed by atoms with Gasteiger partial charge in [-0.15, -0.1) is 0 Å². The van der Waals surface area contributed by atoms with E-state index in [1.165, 1.54) is 6.20 Å². The van der Waals surface area contributed by atoms with Gasteiger partial charge in [0.05, 0.1) is 14.2 Å². The first-order valence-corrected chi connectivity index (χ1v) is 8.77. The van der Waals surface area contributed by atoms with Crippen LogP contribution < -0.4 is 20.1 Å². The minimum absolute atomic E-state index is 0.229. The standard InChI is InChI=1S/C20H19ClN4O3/c1-12-10-13(21)4-6-15(12)24-19(26)16-8-9-22-20(25-16)23-14-5-7-17(27-2)18(11-14)28-3/h4-11H,1-3H3,(H,24,26)(H,22,23,25). The lowest BCUT2D eigenvalue weighted by molar-refractivity contribution is 0.102. The Morgan fingerprint density at radius 3 is 2.54 bits per heavy atom. The Balaban J connectivity index is 1.77. The van der Waals surface area contributed by atoms with Crippen LogP contribution in [-0.2, 0) is 0 Å². The van der Waals surface area contributed by atoms with Crippen LogP contribution in [0.2, 0.25) is 5.02 Å². The molecule has 0 saturated carbocycles. The number of ether oxygens (including phenoxy) is 2. The van der Waals surface area contributed by atoms with Crippen molar-refractivity contribution in [3.63, 3.8) is 0 Å². The molecule has 7 nitrogen and oxygen atoms in total. The van der Waals surface area contributed by atoms with E-state index in [9.17, 15) is 4.79 Å². The van der Waals surface area contributed by atoms with Gasteiger partial charge >= 0.3 is 0 Å². The second kappa shape index (κ2) is 8.58. The number of nitrogens with zero attached hydrogens (tertiary/aromatic N) is 2. The highest BCUT2D eigenvalue weighted by Gasteiger charge is 2.12. The summed E-state index contributed by atoms with van der Waals surface area (Å²) in [4.78, 5) is 21.0. The van der Waals surface area contributed by atoms with E-state index in [2.05, 4.69) is 20.6 Å². The normalized spacial score (nSPS) is 10.3. The first kappa shape index (κ1) is 19.4. The predicted molar refractivity (Wildman–Crippen MR) is 109 cm³/mol. The Morgan fingerprint density at radius 2 is 1.82 bits per heavy atom. The van der Waals surface area contributed by atoms with Gasteiger partial charge in [0.1, 0.15) is 5.69 Å². The van der Waals surface area contributed by atoms with Gasteiger partial charge in [-0.05, 0) is 48.9 Å². The van der Waals surface area contributed by atoms with E-state index in [0.29, 0.717) is 27.9 Å². The molecule has 0 saturated heterocycles. The maximum absolute atomic E-state index is 12.5. The number of benzene rings is 2. The fourth-order valence-corrected chi connectivity index (χ4v) is 2.77. The van der Waals surface area contributed by atoms with Gasteiger partial charge in [-0.25, -0.2) is 9.97 Å². The zero-order valence-electron chi connectivity index (χ0n) is 15.6. The molecule has 0 bridgehead atoms. The molecule has 0 aliphatic carbocycles. The van der Waals surface area contributed by atoms with Crippen LogP contribution in [0.3, 0.4) is 0 Å². The molecule has 0 unspecified atom stereocenters. The molecule has 0 spiro atoms. The molecule has 0 aliphatic heterocycles. The van der Waals surface area contributed by atoms with E-state index in [0.717, 1.165) is 5.56 Å². The number of hydrogen-bond donors (Lipinski definition) is 2. The smallest absolute Gasteiger partial charge is 0.274 e. The van der Waals surface area contributed by atoms with Crippen LogP contribution in [-0.4, -0.2) is 30.1 Å². The van der Waals surface area contributed by atoms with Gasteiger partial charge in [0, 0.05) is 28.7 Å². The van der Waals surface area contributed by atoms with E-state index >= 15 is 0 Å². The van der Waals surface area contributed by atoms with Crippen molar-refractivity contribution >= 4 is 34.8 Å². The summed E-state index contributed by atoms with van der Waals surface area (Å²) in [5, 5.41) is 6.49. The minimum atomic E-state index is -0.344. The number of amides is 1. The van der Waals surface area contributed by atoms with Crippen LogP contribution >= 0.6 is 11.6 Å². The van der Waals surface area contributed by atoms with E-state index in [1.807, 2.05) is 6.92 Å². The van der Waals surface area contributed by atoms with Crippen LogP contribution in [0.5, 0.6) is 11.5 Å². The summed E-state index contributed by atoms with van der Waals surface area (Å²) in [6.07, 6.45) is 1.51. The summed E-state index contributed by atoms with van der Waals surface area (Å²) in [6.45, 7) is 1.87. The second-order valence-corrected chi connectivity index (χ2v) is 6.31. The molecule has 28 heavy (non-hydrogen) atoms. The van der Waals surface area contributed by atoms with Crippen molar-refractivity contribution in [2.75, 3.05) is 24.9 Å². The molecule has 8 heteroatoms. The number of methoxy groups -OCH3 is 2. The number of rotatable bonds is 6. The lowest BCUT2D eigenvalue weighted by Gasteiger charge is -2.11. The quantitative estimate of drug-likeness (QED) is 0.638. The molecule has 1 amide bonds. The third-order valence-corrected chi connectivity index (χ3v) is 4.20. The SMILES string of the molecule is COc1ccc(Nc2nccc(C(=O)Nc3ccc(Cl)cc3C)n2)cc1OC. The van der Waals surface area contributed by atoms with Crippen LogP contribution in [0.25, 0.3) is 0 Å². The minimum Gasteiger partial charge on any atom is -0.493 e. The first-order valence-electron chi connectivity index (χ1n) is 8.39. The van der Waals surface area contributed by atoms with E-state index < -0.39 is 0 Å². The number of halogens is 1. The highest BCUT2D eigenvalue weighted by molar-refractivity contribution is 6.30. The van der Waals surface area contributed by atoms with Crippen LogP contribution in [0, 0.1) is 6.92 Å². The van der Waals surface area contributed by atoms with Crippen molar-refractivity contribution in [1.82, 2.24) is 9.97 Å². The van der Waals surface area contributed by atoms with Gasteiger partial charge in [0.15, 0.2) is 11.5 Å². The number of hydrogen-bond acceptors (Lipinski definition) is 6. The van der Waals surface area contributed by atoms with Crippen LogP contribution in [0.4, 0.5) is 17.3 Å². The average molecular weight is 399 g/mol. The summed E-state index contributed by atoms with van der Waals surface area (Å²) in [6, 6.07) is 12.1. The summed E-state index contributed by atoms with van der Waals surface area (Å²) < 4.78 is 10.5. The second-order valence-electron chi connectivity index (χ2n) is 5.87. The lowest BCUT2D eigenvalue weighted by atomic mass is 10.2. The van der Waals surface area contributed by atoms with Gasteiger partial charge in [0.25, 0.3) is 5.91 Å². The van der Waals surface area contributed by atoms with Crippen molar-refractivity contribution in [2.45, 2.75) is 6.92 Å². The molecule has 3 rings (SSSR count). The Bertz CT molecular complexity index is 1010. The van der Waals surface area contributed by atoms with E-state index in [1.54, 1.807) is 56.7 Å². The summed E-state index contributed by atoms with van der Waals surface area (Å²) in [5.74, 6) is 1.12. The fraction of sp³-hybridized carbons (Fsp3) is 0.150. The monoisotopic (exact) mass is 398 g/mol. The van der Waals surface area contributed by atoms with E-state index in [4.69, 9.17) is 21.1 Å². The summed E-state index contributed by atoms with van der Waals surface area (Å²) >= 11 is 5.95. The number of carbonyl (C=O) groups excluding carboxylic acids is 1. The van der Waals surface area contributed by atoms with E-state index in [-0.39, 0.29) is 17.5 Å². The highest BCUT2D eigenvalue weighted by atomic mass is 35.5. The summed E-state index contributed by atoms with van der Waals surface area (Å²) in [7, 11) is 3.13. The third-order valence-electron chi connectivity index (χ3n) is 3.96. The number of carbonyl (C=O) groups is 1. The van der Waals surface area contributed by atoms with Crippen LogP contribution in [0.15, 0.2) is 48.7 Å². The Hall–Kier alpha value is -3.32. The number of aryl methyl sites for hydroxylation is 1. The number of nitrogens with one attached hydrogen (secondary N) is 2. The van der Waals surface area contributed by atoms with Crippen molar-refractivity contribution in [3.05, 3.63) is 64.9 Å². The largest absolute Gasteiger partial charge is 0.493 e. The van der Waals surface area contributed by atoms with Crippen molar-refractivity contribution in [2.24, 2.45) is 0 Å². The average Bonchev–Trinajstić information content (AvgIpc) is 2.70. The van der Waals surface area contributed by atoms with Crippen LogP contribution in [0.1, 0.15) is 16.1 Å². The predicted octanol–water partition coefficient (Wildman–Crippen LogP) is 4.45. The lowest BCUT2D eigenvalue weighted by Crippen LogP contribution is -2.15. The topological polar surface area (TPSA) is 85.4 Å². The maximum Gasteiger partial charge on any atom is 0.274 e. The molecule has 1 aromatic heterocycles. The van der Waals surface area contributed by atoms with Crippen molar-refractivity contribution < 1.29 is 14.3 Å². The van der Waals surface area contributed by atoms with Gasteiger partial charge in [-0.3, -0.25) is 4.79 Å². The molecular weight excluding hydrogens is 380 g/mol. The molecule has 0 fully saturated rings. The molecule has 1 heterocycles. The van der Waals surface area contributed by atoms with Gasteiger partial charge in [-0.2, -0.15) is 0 Å². The van der Waals surface area contributed by atoms with Gasteiger partial charge < -0.3 is 20.1 Å². The first-order chi connectivity index (χ1) is 13.5. The molecule has 0 radical (unpaired) electrons. The van der Waals surface area contributed by atoms with Crippen molar-refractivity contribution in [1.29, 1.82) is 0 Å². The zero-order chi connectivity index (χ0) is 20.1. The molecule has 144 valence electrons. The number of aromatic nitrogens is 2. The zero-order valence-corrected chi connectivity index (χ0v) is 16.4. The Labute approximate surface area is 167 Å².